The lowest BCUT2D eigenvalue weighted by atomic mass is 10.2. The van der Waals surface area contributed by atoms with Crippen molar-refractivity contribution in [2.24, 2.45) is 0 Å². The second-order valence-corrected chi connectivity index (χ2v) is 5.27. The summed E-state index contributed by atoms with van der Waals surface area (Å²) >= 11 is 0. The fourth-order valence-electron chi connectivity index (χ4n) is 2.55. The van der Waals surface area contributed by atoms with Crippen molar-refractivity contribution < 1.29 is 14.6 Å². The Bertz CT molecular complexity index is 419. The zero-order chi connectivity index (χ0) is 14.9. The van der Waals surface area contributed by atoms with E-state index in [0.29, 0.717) is 32.2 Å². The molecule has 1 aromatic carbocycles. The molecule has 2 N–H and O–H groups in total. The number of carbonyl (C=O) groups is 1. The zero-order valence-electron chi connectivity index (χ0n) is 12.3. The van der Waals surface area contributed by atoms with Crippen molar-refractivity contribution in [1.29, 1.82) is 0 Å². The van der Waals surface area contributed by atoms with Gasteiger partial charge in [0.05, 0.1) is 19.6 Å². The molecule has 1 atom stereocenters. The highest BCUT2D eigenvalue weighted by molar-refractivity contribution is 5.76. The first-order valence-electron chi connectivity index (χ1n) is 7.59. The quantitative estimate of drug-likeness (QED) is 0.751. The number of aliphatic hydroxyl groups is 1. The highest BCUT2D eigenvalue weighted by atomic mass is 16.5. The predicted octanol–water partition coefficient (Wildman–Crippen LogP) is 1.03. The van der Waals surface area contributed by atoms with Gasteiger partial charge in [0.2, 0.25) is 5.91 Å². The summed E-state index contributed by atoms with van der Waals surface area (Å²) in [6.45, 7) is 2.44. The average Bonchev–Trinajstić information content (AvgIpc) is 3.01. The lowest BCUT2D eigenvalue weighted by Crippen LogP contribution is -2.42. The van der Waals surface area contributed by atoms with E-state index >= 15 is 0 Å². The molecule has 1 fully saturated rings. The topological polar surface area (TPSA) is 61.8 Å². The van der Waals surface area contributed by atoms with Gasteiger partial charge in [0.25, 0.3) is 0 Å². The first-order chi connectivity index (χ1) is 10.3. The van der Waals surface area contributed by atoms with Crippen molar-refractivity contribution in [3.8, 4) is 5.75 Å². The van der Waals surface area contributed by atoms with Gasteiger partial charge >= 0.3 is 0 Å². The maximum Gasteiger partial charge on any atom is 0.226 e. The summed E-state index contributed by atoms with van der Waals surface area (Å²) in [4.78, 5) is 14.0. The number of amides is 1. The van der Waals surface area contributed by atoms with Gasteiger partial charge in [-0.25, -0.2) is 0 Å². The average molecular weight is 292 g/mol. The van der Waals surface area contributed by atoms with E-state index in [1.165, 1.54) is 0 Å². The zero-order valence-corrected chi connectivity index (χ0v) is 12.3. The van der Waals surface area contributed by atoms with E-state index in [9.17, 15) is 4.79 Å². The van der Waals surface area contributed by atoms with Crippen molar-refractivity contribution in [3.63, 3.8) is 0 Å². The van der Waals surface area contributed by atoms with Crippen LogP contribution in [0.2, 0.25) is 0 Å². The highest BCUT2D eigenvalue weighted by Gasteiger charge is 2.20. The number of nitrogens with one attached hydrogen (secondary N) is 1. The summed E-state index contributed by atoms with van der Waals surface area (Å²) in [6, 6.07) is 9.84. The number of benzene rings is 1. The van der Waals surface area contributed by atoms with Crippen LogP contribution in [-0.4, -0.2) is 54.8 Å². The molecule has 1 amide bonds. The first kappa shape index (κ1) is 15.8. The Labute approximate surface area is 125 Å². The van der Waals surface area contributed by atoms with Gasteiger partial charge in [-0.05, 0) is 31.5 Å². The van der Waals surface area contributed by atoms with Crippen molar-refractivity contribution in [2.45, 2.75) is 25.3 Å². The summed E-state index contributed by atoms with van der Waals surface area (Å²) in [7, 11) is 0. The molecule has 0 bridgehead atoms. The van der Waals surface area contributed by atoms with Crippen LogP contribution >= 0.6 is 0 Å². The second kappa shape index (κ2) is 8.64. The van der Waals surface area contributed by atoms with Crippen LogP contribution in [-0.2, 0) is 4.79 Å². The third-order valence-electron chi connectivity index (χ3n) is 3.65. The number of hydrogen-bond donors (Lipinski definition) is 2. The molecule has 1 aliphatic rings. The number of nitrogens with zero attached hydrogens (tertiary/aromatic N) is 1. The van der Waals surface area contributed by atoms with Crippen LogP contribution in [0.5, 0.6) is 5.75 Å². The van der Waals surface area contributed by atoms with E-state index in [-0.39, 0.29) is 12.5 Å². The fraction of sp³-hybridized carbons (Fsp3) is 0.562. The first-order valence-corrected chi connectivity index (χ1v) is 7.59. The lowest BCUT2D eigenvalue weighted by Gasteiger charge is -2.25. The molecular formula is C16H24N2O3. The van der Waals surface area contributed by atoms with Crippen LogP contribution in [0.25, 0.3) is 0 Å². The number of aliphatic hydroxyl groups excluding tert-OH is 1. The number of carbonyl (C=O) groups excluding carboxylic acids is 1. The van der Waals surface area contributed by atoms with Gasteiger partial charge in [-0.15, -0.1) is 0 Å². The van der Waals surface area contributed by atoms with Crippen LogP contribution in [0, 0.1) is 0 Å². The third kappa shape index (κ3) is 5.36. The molecule has 2 rings (SSSR count). The number of ether oxygens (including phenoxy) is 1. The standard InChI is InChI=1S/C16H24N2O3/c19-11-10-18(13-14-5-4-9-17-14)16(20)8-12-21-15-6-2-1-3-7-15/h1-3,6-7,14,17,19H,4-5,8-13H2. The molecule has 0 aliphatic carbocycles. The van der Waals surface area contributed by atoms with Crippen LogP contribution in [0.4, 0.5) is 0 Å². The Balaban J connectivity index is 1.75. The van der Waals surface area contributed by atoms with Crippen molar-refractivity contribution in [2.75, 3.05) is 32.8 Å². The van der Waals surface area contributed by atoms with Gasteiger partial charge < -0.3 is 20.1 Å². The molecule has 5 heteroatoms. The second-order valence-electron chi connectivity index (χ2n) is 5.27. The lowest BCUT2D eigenvalue weighted by molar-refractivity contribution is -0.132. The van der Waals surface area contributed by atoms with Crippen molar-refractivity contribution in [3.05, 3.63) is 30.3 Å². The van der Waals surface area contributed by atoms with E-state index in [2.05, 4.69) is 5.32 Å². The molecule has 1 aliphatic heterocycles. The van der Waals surface area contributed by atoms with Gasteiger partial charge in [0.1, 0.15) is 5.75 Å². The number of hydrogen-bond acceptors (Lipinski definition) is 4. The van der Waals surface area contributed by atoms with Gasteiger partial charge in [-0.1, -0.05) is 18.2 Å². The third-order valence-corrected chi connectivity index (χ3v) is 3.65. The smallest absolute Gasteiger partial charge is 0.226 e. The van der Waals surface area contributed by atoms with Crippen LogP contribution < -0.4 is 10.1 Å². The summed E-state index contributed by atoms with van der Waals surface area (Å²) in [6.07, 6.45) is 2.58. The van der Waals surface area contributed by atoms with E-state index in [1.54, 1.807) is 4.90 Å². The Morgan fingerprint density at radius 1 is 1.38 bits per heavy atom. The summed E-state index contributed by atoms with van der Waals surface area (Å²) in [5.41, 5.74) is 0. The normalized spacial score (nSPS) is 17.7. The molecule has 0 aromatic heterocycles. The Kier molecular flexibility index (Phi) is 6.50. The molecule has 1 unspecified atom stereocenters. The van der Waals surface area contributed by atoms with Crippen LogP contribution in [0.15, 0.2) is 30.3 Å². The number of rotatable bonds is 8. The molecule has 1 heterocycles. The maximum atomic E-state index is 12.2. The molecule has 0 radical (unpaired) electrons. The minimum absolute atomic E-state index is 0.00198. The van der Waals surface area contributed by atoms with E-state index in [0.717, 1.165) is 25.1 Å². The van der Waals surface area contributed by atoms with Crippen molar-refractivity contribution in [1.82, 2.24) is 10.2 Å². The van der Waals surface area contributed by atoms with Crippen LogP contribution in [0.1, 0.15) is 19.3 Å². The van der Waals surface area contributed by atoms with Crippen molar-refractivity contribution >= 4 is 5.91 Å². The molecule has 5 nitrogen and oxygen atoms in total. The molecule has 0 saturated carbocycles. The molecule has 0 spiro atoms. The Morgan fingerprint density at radius 2 is 2.19 bits per heavy atom. The highest BCUT2D eigenvalue weighted by Crippen LogP contribution is 2.10. The molecule has 116 valence electrons. The Morgan fingerprint density at radius 3 is 2.86 bits per heavy atom. The van der Waals surface area contributed by atoms with E-state index in [4.69, 9.17) is 9.84 Å². The molecule has 21 heavy (non-hydrogen) atoms. The number of para-hydroxylation sites is 1. The van der Waals surface area contributed by atoms with Crippen LogP contribution in [0.3, 0.4) is 0 Å². The largest absolute Gasteiger partial charge is 0.493 e. The summed E-state index contributed by atoms with van der Waals surface area (Å²) in [5.74, 6) is 0.810. The molecule has 1 saturated heterocycles. The SMILES string of the molecule is O=C(CCOc1ccccc1)N(CCO)CC1CCCN1. The molecular weight excluding hydrogens is 268 g/mol. The maximum absolute atomic E-state index is 12.2. The minimum atomic E-state index is -0.00198. The predicted molar refractivity (Wildman–Crippen MR) is 81.2 cm³/mol. The monoisotopic (exact) mass is 292 g/mol. The summed E-state index contributed by atoms with van der Waals surface area (Å²) in [5, 5.41) is 12.5. The fourth-order valence-corrected chi connectivity index (χ4v) is 2.55. The molecule has 1 aromatic rings. The van der Waals surface area contributed by atoms with Gasteiger partial charge in [0, 0.05) is 19.1 Å². The Hall–Kier alpha value is -1.59. The minimum Gasteiger partial charge on any atom is -0.493 e. The van der Waals surface area contributed by atoms with E-state index < -0.39 is 0 Å². The van der Waals surface area contributed by atoms with Gasteiger partial charge in [-0.3, -0.25) is 4.79 Å². The summed E-state index contributed by atoms with van der Waals surface area (Å²) < 4.78 is 5.55. The van der Waals surface area contributed by atoms with Gasteiger partial charge in [-0.2, -0.15) is 0 Å². The van der Waals surface area contributed by atoms with Gasteiger partial charge in [0.15, 0.2) is 0 Å². The van der Waals surface area contributed by atoms with E-state index in [1.807, 2.05) is 30.3 Å².